The second kappa shape index (κ2) is 12.5. The molecule has 0 bridgehead atoms. The van der Waals surface area contributed by atoms with Gasteiger partial charge in [-0.3, -0.25) is 23.6 Å². The van der Waals surface area contributed by atoms with Crippen LogP contribution >= 0.6 is 18.1 Å². The molecule has 2 unspecified atom stereocenters. The molecule has 0 aliphatic carbocycles. The number of imide groups is 1. The number of imidazole rings is 1. The van der Waals surface area contributed by atoms with Crippen LogP contribution in [-0.4, -0.2) is 115 Å². The minimum atomic E-state index is -4.05. The van der Waals surface area contributed by atoms with Gasteiger partial charge in [0.1, 0.15) is 29.9 Å². The van der Waals surface area contributed by atoms with E-state index in [0.717, 1.165) is 4.90 Å². The van der Waals surface area contributed by atoms with Crippen LogP contribution in [0.2, 0.25) is 0 Å². The zero-order valence-corrected chi connectivity index (χ0v) is 26.0. The first-order valence-electron chi connectivity index (χ1n) is 13.1. The first kappa shape index (κ1) is 32.8. The van der Waals surface area contributed by atoms with Crippen LogP contribution in [0.5, 0.6) is 5.88 Å². The second-order valence-corrected chi connectivity index (χ2v) is 14.8. The maximum absolute atomic E-state index is 14.0. The van der Waals surface area contributed by atoms with Gasteiger partial charge in [-0.2, -0.15) is 9.97 Å². The maximum atomic E-state index is 14.0. The number of urea groups is 1. The number of hydrogen-bond acceptors (Lipinski definition) is 15. The fraction of sp³-hybridized carbons (Fsp3) is 0.652. The van der Waals surface area contributed by atoms with E-state index in [1.54, 1.807) is 13.8 Å². The Balaban J connectivity index is 1.53. The van der Waals surface area contributed by atoms with E-state index in [9.17, 15) is 29.2 Å². The molecule has 43 heavy (non-hydrogen) atoms. The number of esters is 1. The number of aliphatic hydroxyl groups excluding tert-OH is 1. The van der Waals surface area contributed by atoms with Gasteiger partial charge in [0.25, 0.3) is 5.91 Å². The van der Waals surface area contributed by atoms with E-state index >= 15 is 0 Å². The summed E-state index contributed by atoms with van der Waals surface area (Å²) in [6.07, 6.45) is -3.16. The molecule has 3 amide bonds. The molecule has 4 rings (SSSR count). The normalized spacial score (nSPS) is 27.9. The fourth-order valence-electron chi connectivity index (χ4n) is 4.43. The number of aliphatic hydroxyl groups is 2. The molecular formula is C23H35N8O10PS. The molecule has 2 aliphatic heterocycles. The van der Waals surface area contributed by atoms with E-state index in [0.29, 0.717) is 11.4 Å². The number of aromatic nitrogens is 4. The number of nitrogens with two attached hydrogens (primary N) is 1. The molecular weight excluding hydrogens is 611 g/mol. The highest BCUT2D eigenvalue weighted by Crippen LogP contribution is 2.57. The number of anilines is 1. The Morgan fingerprint density at radius 1 is 1.35 bits per heavy atom. The molecule has 18 nitrogen and oxygen atoms in total. The average Bonchev–Trinajstić information content (AvgIpc) is 3.53. The summed E-state index contributed by atoms with van der Waals surface area (Å²) in [5, 5.41) is 27.4. The first-order valence-corrected chi connectivity index (χ1v) is 16.3. The molecule has 0 saturated carbocycles. The molecule has 2 fully saturated rings. The monoisotopic (exact) mass is 646 g/mol. The van der Waals surface area contributed by atoms with Gasteiger partial charge in [0.05, 0.1) is 26.1 Å². The van der Waals surface area contributed by atoms with Crippen molar-refractivity contribution in [3.63, 3.8) is 0 Å². The number of fused-ring (bicyclic) bond motifs is 1. The molecule has 2 saturated heterocycles. The topological polar surface area (TPSA) is 243 Å². The summed E-state index contributed by atoms with van der Waals surface area (Å²) in [6, 6.07) is -2.70. The number of ether oxygens (including phenoxy) is 3. The minimum Gasteiger partial charge on any atom is -0.479 e. The Bertz CT molecular complexity index is 1440. The highest BCUT2D eigenvalue weighted by atomic mass is 32.7. The van der Waals surface area contributed by atoms with Gasteiger partial charge in [-0.15, -0.1) is 0 Å². The van der Waals surface area contributed by atoms with Crippen molar-refractivity contribution in [2.45, 2.75) is 69.9 Å². The van der Waals surface area contributed by atoms with E-state index in [2.05, 4.69) is 25.4 Å². The summed E-state index contributed by atoms with van der Waals surface area (Å²) in [4.78, 5) is 49.9. The third kappa shape index (κ3) is 6.72. The lowest BCUT2D eigenvalue weighted by Gasteiger charge is -2.27. The predicted octanol–water partition coefficient (Wildman–Crippen LogP) is -0.236. The van der Waals surface area contributed by atoms with Crippen molar-refractivity contribution in [2.75, 3.05) is 32.3 Å². The van der Waals surface area contributed by atoms with E-state index in [-0.39, 0.29) is 28.7 Å². The predicted molar refractivity (Wildman–Crippen MR) is 152 cm³/mol. The van der Waals surface area contributed by atoms with Crippen molar-refractivity contribution < 1.29 is 47.9 Å². The number of nitrogen functional groups attached to an aromatic ring is 1. The van der Waals surface area contributed by atoms with Crippen LogP contribution in [0.1, 0.15) is 33.9 Å². The molecule has 7 atom stereocenters. The Morgan fingerprint density at radius 2 is 2.05 bits per heavy atom. The largest absolute Gasteiger partial charge is 0.479 e. The number of amides is 3. The summed E-state index contributed by atoms with van der Waals surface area (Å²) >= 11 is 0.677. The summed E-state index contributed by atoms with van der Waals surface area (Å²) in [7, 11) is 2.68. The Labute approximate surface area is 250 Å². The number of carbonyl (C=O) groups excluding carboxylic acids is 3. The Hall–Kier alpha value is -3.06. The van der Waals surface area contributed by atoms with Gasteiger partial charge in [0, 0.05) is 12.8 Å². The van der Waals surface area contributed by atoms with Crippen LogP contribution in [0, 0.1) is 0 Å². The van der Waals surface area contributed by atoms with Crippen LogP contribution in [0.3, 0.4) is 0 Å². The van der Waals surface area contributed by atoms with Crippen LogP contribution in [0.25, 0.3) is 11.2 Å². The number of methoxy groups -OCH3 is 1. The van der Waals surface area contributed by atoms with Crippen LogP contribution in [-0.2, 0) is 28.2 Å². The molecule has 0 radical (unpaired) electrons. The molecule has 6 N–H and O–H groups in total. The minimum absolute atomic E-state index is 0.0941. The molecule has 20 heteroatoms. The number of nitrogens with zero attached hydrogens (tertiary/aromatic N) is 5. The summed E-state index contributed by atoms with van der Waals surface area (Å²) < 4.78 is 37.4. The summed E-state index contributed by atoms with van der Waals surface area (Å²) in [5.41, 5.74) is 4.27. The number of rotatable bonds is 12. The van der Waals surface area contributed by atoms with Gasteiger partial charge in [0.2, 0.25) is 11.8 Å². The molecule has 0 aromatic carbocycles. The number of likely N-dealkylation sites (N-methyl/N-ethyl adjacent to an activating group) is 1. The van der Waals surface area contributed by atoms with Crippen molar-refractivity contribution >= 4 is 53.1 Å². The smallest absolute Gasteiger partial charge is 0.327 e. The quantitative estimate of drug-likeness (QED) is 0.114. The Kier molecular flexibility index (Phi) is 9.55. The zero-order valence-electron chi connectivity index (χ0n) is 24.3. The zero-order chi connectivity index (χ0) is 31.9. The van der Waals surface area contributed by atoms with Gasteiger partial charge in [0.15, 0.2) is 17.4 Å². The number of carbonyl (C=O) groups is 3. The first-order chi connectivity index (χ1) is 20.1. The van der Waals surface area contributed by atoms with Crippen molar-refractivity contribution in [3.8, 4) is 5.88 Å². The Morgan fingerprint density at radius 3 is 2.65 bits per heavy atom. The van der Waals surface area contributed by atoms with Gasteiger partial charge >= 0.3 is 18.7 Å². The SMILES string of the molecule is COc1nc(N)nc2c1ncn2[C@@H]1O[C@H](COP(=O)(N[C@H](C)C(=O)OC(C)C)SCC2NC(=O)N(C)C2=O)[C@@H](O)[C@@]1(C)O. The van der Waals surface area contributed by atoms with E-state index in [4.69, 9.17) is 24.5 Å². The highest BCUT2D eigenvalue weighted by molar-refractivity contribution is 8.56. The third-order valence-corrected chi connectivity index (χ3v) is 10.8. The van der Waals surface area contributed by atoms with Gasteiger partial charge < -0.3 is 40.0 Å². The molecule has 2 aromatic heterocycles. The van der Waals surface area contributed by atoms with Crippen LogP contribution < -0.4 is 20.9 Å². The summed E-state index contributed by atoms with van der Waals surface area (Å²) in [6.45, 7) is 1.49. The lowest BCUT2D eigenvalue weighted by Crippen LogP contribution is -2.44. The molecule has 2 aliphatic rings. The second-order valence-electron chi connectivity index (χ2n) is 10.4. The van der Waals surface area contributed by atoms with Gasteiger partial charge in [-0.05, 0) is 27.7 Å². The van der Waals surface area contributed by atoms with E-state index < -0.39 is 73.5 Å². The highest BCUT2D eigenvalue weighted by Gasteiger charge is 2.54. The van der Waals surface area contributed by atoms with Crippen molar-refractivity contribution in [1.29, 1.82) is 0 Å². The molecule has 238 valence electrons. The lowest BCUT2D eigenvalue weighted by atomic mass is 9.96. The van der Waals surface area contributed by atoms with Gasteiger partial charge in [-0.25, -0.2) is 14.9 Å². The van der Waals surface area contributed by atoms with Gasteiger partial charge in [-0.1, -0.05) is 11.4 Å². The lowest BCUT2D eigenvalue weighted by molar-refractivity contribution is -0.149. The number of nitrogens with one attached hydrogen (secondary N) is 2. The average molecular weight is 647 g/mol. The fourth-order valence-corrected chi connectivity index (χ4v) is 8.29. The number of hydrogen-bond donors (Lipinski definition) is 5. The van der Waals surface area contributed by atoms with Crippen molar-refractivity contribution in [2.24, 2.45) is 0 Å². The van der Waals surface area contributed by atoms with Crippen molar-refractivity contribution in [1.82, 2.24) is 34.8 Å². The van der Waals surface area contributed by atoms with E-state index in [1.807, 2.05) is 0 Å². The standard InChI is InChI=1S/C23H35N8O10PS/c1-10(2)40-19(34)11(3)29-42(37,43-8-12-18(33)30(5)22(35)26-12)39-7-13-15(32)23(4,36)20(41-13)31-9-25-14-16(31)27-21(24)28-17(14)38-6/h9-13,15,20,32,36H,7-8H2,1-6H3,(H,26,35)(H,29,37)(H2,24,27,28)/t11-,12?,13-,15-,20-,23-,42?/m1/s1. The molecule has 0 spiro atoms. The molecule has 2 aromatic rings. The molecule has 4 heterocycles. The summed E-state index contributed by atoms with van der Waals surface area (Å²) in [5.74, 6) is -1.42. The van der Waals surface area contributed by atoms with E-state index in [1.165, 1.54) is 38.9 Å². The third-order valence-electron chi connectivity index (χ3n) is 6.72. The van der Waals surface area contributed by atoms with Crippen LogP contribution in [0.4, 0.5) is 10.7 Å². The van der Waals surface area contributed by atoms with Crippen LogP contribution in [0.15, 0.2) is 6.33 Å². The maximum Gasteiger partial charge on any atom is 0.327 e. The van der Waals surface area contributed by atoms with Crippen molar-refractivity contribution in [3.05, 3.63) is 6.33 Å².